The van der Waals surface area contributed by atoms with Crippen LogP contribution in [-0.4, -0.2) is 35.6 Å². The summed E-state index contributed by atoms with van der Waals surface area (Å²) in [6, 6.07) is 10.2. The van der Waals surface area contributed by atoms with Crippen LogP contribution in [0.25, 0.3) is 0 Å². The van der Waals surface area contributed by atoms with E-state index in [1.807, 2.05) is 23.1 Å². The Morgan fingerprint density at radius 2 is 1.85 bits per heavy atom. The highest BCUT2D eigenvalue weighted by Crippen LogP contribution is 2.58. The summed E-state index contributed by atoms with van der Waals surface area (Å²) >= 11 is 0. The Bertz CT molecular complexity index is 449. The first-order valence-electron chi connectivity index (χ1n) is 7.75. The summed E-state index contributed by atoms with van der Waals surface area (Å²) in [5.41, 5.74) is 1.25. The lowest BCUT2D eigenvalue weighted by Gasteiger charge is -2.22. The van der Waals surface area contributed by atoms with Gasteiger partial charge in [-0.2, -0.15) is 0 Å². The van der Waals surface area contributed by atoms with Gasteiger partial charge in [-0.3, -0.25) is 4.79 Å². The fourth-order valence-corrected chi connectivity index (χ4v) is 3.76. The van der Waals surface area contributed by atoms with E-state index >= 15 is 0 Å². The molecule has 0 heterocycles. The number of hydrogen-bond donors (Lipinski definition) is 1. The first-order chi connectivity index (χ1) is 9.81. The van der Waals surface area contributed by atoms with E-state index in [9.17, 15) is 9.90 Å². The quantitative estimate of drug-likeness (QED) is 0.862. The highest BCUT2D eigenvalue weighted by atomic mass is 16.3. The Labute approximate surface area is 120 Å². The molecule has 2 atom stereocenters. The van der Waals surface area contributed by atoms with Crippen molar-refractivity contribution in [2.75, 3.05) is 19.7 Å². The van der Waals surface area contributed by atoms with Crippen LogP contribution in [0.4, 0.5) is 0 Å². The van der Waals surface area contributed by atoms with E-state index in [-0.39, 0.29) is 18.4 Å². The predicted octanol–water partition coefficient (Wildman–Crippen LogP) is 2.10. The molecule has 0 bridgehead atoms. The van der Waals surface area contributed by atoms with Crippen LogP contribution < -0.4 is 0 Å². The molecule has 2 unspecified atom stereocenters. The van der Waals surface area contributed by atoms with Gasteiger partial charge < -0.3 is 10.0 Å². The molecule has 2 aliphatic carbocycles. The van der Waals surface area contributed by atoms with E-state index in [1.54, 1.807) is 0 Å². The van der Waals surface area contributed by atoms with Crippen LogP contribution in [0.2, 0.25) is 0 Å². The molecule has 0 aliphatic heterocycles. The largest absolute Gasteiger partial charge is 0.395 e. The number of fused-ring (bicyclic) bond motifs is 1. The molecule has 0 spiro atoms. The van der Waals surface area contributed by atoms with Gasteiger partial charge in [0.2, 0.25) is 5.91 Å². The highest BCUT2D eigenvalue weighted by molar-refractivity contribution is 5.82. The first kappa shape index (κ1) is 13.6. The van der Waals surface area contributed by atoms with E-state index in [0.29, 0.717) is 18.4 Å². The summed E-state index contributed by atoms with van der Waals surface area (Å²) in [5, 5.41) is 9.19. The van der Waals surface area contributed by atoms with Crippen LogP contribution in [0, 0.1) is 17.8 Å². The minimum atomic E-state index is 0.0581. The number of amides is 1. The van der Waals surface area contributed by atoms with Gasteiger partial charge >= 0.3 is 0 Å². The van der Waals surface area contributed by atoms with Crippen molar-refractivity contribution in [1.82, 2.24) is 4.90 Å². The highest BCUT2D eigenvalue weighted by Gasteiger charge is 2.57. The number of rotatable bonds is 6. The SMILES string of the molecule is O=C(C1C2CCCC21)N(CCO)CCc1ccccc1. The summed E-state index contributed by atoms with van der Waals surface area (Å²) in [6.45, 7) is 1.25. The second-order valence-corrected chi connectivity index (χ2v) is 6.07. The van der Waals surface area contributed by atoms with Gasteiger partial charge in [-0.25, -0.2) is 0 Å². The molecule has 0 radical (unpaired) electrons. The predicted molar refractivity (Wildman–Crippen MR) is 78.1 cm³/mol. The van der Waals surface area contributed by atoms with Crippen LogP contribution in [0.5, 0.6) is 0 Å². The van der Waals surface area contributed by atoms with Gasteiger partial charge in [0.05, 0.1) is 6.61 Å². The van der Waals surface area contributed by atoms with E-state index in [4.69, 9.17) is 0 Å². The fraction of sp³-hybridized carbons (Fsp3) is 0.588. The van der Waals surface area contributed by atoms with Gasteiger partial charge in [0.25, 0.3) is 0 Å². The third-order valence-corrected chi connectivity index (χ3v) is 4.89. The van der Waals surface area contributed by atoms with E-state index in [1.165, 1.54) is 24.8 Å². The van der Waals surface area contributed by atoms with Gasteiger partial charge in [-0.05, 0) is 36.7 Å². The second kappa shape index (κ2) is 5.96. The van der Waals surface area contributed by atoms with Crippen LogP contribution >= 0.6 is 0 Å². The molecule has 20 heavy (non-hydrogen) atoms. The summed E-state index contributed by atoms with van der Waals surface area (Å²) in [4.78, 5) is 14.4. The van der Waals surface area contributed by atoms with Crippen molar-refractivity contribution >= 4 is 5.91 Å². The normalized spacial score (nSPS) is 27.1. The zero-order valence-electron chi connectivity index (χ0n) is 11.9. The summed E-state index contributed by atoms with van der Waals surface area (Å²) in [5.74, 6) is 1.86. The zero-order chi connectivity index (χ0) is 13.9. The number of benzene rings is 1. The molecule has 2 fully saturated rings. The minimum absolute atomic E-state index is 0.0581. The Hall–Kier alpha value is -1.35. The fourth-order valence-electron chi connectivity index (χ4n) is 3.76. The average molecular weight is 273 g/mol. The van der Waals surface area contributed by atoms with E-state index in [2.05, 4.69) is 12.1 Å². The van der Waals surface area contributed by atoms with Crippen LogP contribution in [-0.2, 0) is 11.2 Å². The third kappa shape index (κ3) is 2.73. The Morgan fingerprint density at radius 3 is 2.50 bits per heavy atom. The number of carbonyl (C=O) groups is 1. The summed E-state index contributed by atoms with van der Waals surface area (Å²) in [6.07, 6.45) is 4.62. The van der Waals surface area contributed by atoms with Crippen molar-refractivity contribution in [1.29, 1.82) is 0 Å². The number of hydrogen-bond acceptors (Lipinski definition) is 2. The van der Waals surface area contributed by atoms with Crippen molar-refractivity contribution in [2.45, 2.75) is 25.7 Å². The van der Waals surface area contributed by atoms with Crippen molar-refractivity contribution in [3.8, 4) is 0 Å². The lowest BCUT2D eigenvalue weighted by atomic mass is 10.1. The van der Waals surface area contributed by atoms with Crippen molar-refractivity contribution in [3.63, 3.8) is 0 Å². The molecule has 3 heteroatoms. The molecular weight excluding hydrogens is 250 g/mol. The molecule has 1 amide bonds. The lowest BCUT2D eigenvalue weighted by molar-refractivity contribution is -0.133. The van der Waals surface area contributed by atoms with Crippen molar-refractivity contribution < 1.29 is 9.90 Å². The monoisotopic (exact) mass is 273 g/mol. The molecule has 2 saturated carbocycles. The zero-order valence-corrected chi connectivity index (χ0v) is 11.9. The van der Waals surface area contributed by atoms with Crippen LogP contribution in [0.15, 0.2) is 30.3 Å². The maximum atomic E-state index is 12.5. The molecule has 1 aromatic carbocycles. The smallest absolute Gasteiger partial charge is 0.226 e. The molecule has 1 aromatic rings. The number of aliphatic hydroxyl groups is 1. The first-order valence-corrected chi connectivity index (χ1v) is 7.75. The number of nitrogens with zero attached hydrogens (tertiary/aromatic N) is 1. The number of carbonyl (C=O) groups excluding carboxylic acids is 1. The molecule has 0 saturated heterocycles. The Balaban J connectivity index is 1.56. The number of aliphatic hydroxyl groups excluding tert-OH is 1. The molecule has 0 aromatic heterocycles. The van der Waals surface area contributed by atoms with Crippen LogP contribution in [0.3, 0.4) is 0 Å². The van der Waals surface area contributed by atoms with Gasteiger partial charge in [0.1, 0.15) is 0 Å². The van der Waals surface area contributed by atoms with Gasteiger partial charge in [0, 0.05) is 19.0 Å². The molecule has 1 N–H and O–H groups in total. The molecule has 2 aliphatic rings. The average Bonchev–Trinajstić information content (AvgIpc) is 2.96. The van der Waals surface area contributed by atoms with E-state index < -0.39 is 0 Å². The molecule has 3 rings (SSSR count). The van der Waals surface area contributed by atoms with Crippen LogP contribution in [0.1, 0.15) is 24.8 Å². The standard InChI is InChI=1S/C17H23NO2/c19-12-11-18(10-9-13-5-2-1-3-6-13)17(20)16-14-7-4-8-15(14)16/h1-3,5-6,14-16,19H,4,7-12H2. The van der Waals surface area contributed by atoms with Gasteiger partial charge in [-0.15, -0.1) is 0 Å². The van der Waals surface area contributed by atoms with Crippen molar-refractivity contribution in [2.24, 2.45) is 17.8 Å². The topological polar surface area (TPSA) is 40.5 Å². The van der Waals surface area contributed by atoms with E-state index in [0.717, 1.165) is 13.0 Å². The molecule has 108 valence electrons. The minimum Gasteiger partial charge on any atom is -0.395 e. The van der Waals surface area contributed by atoms with Crippen molar-refractivity contribution in [3.05, 3.63) is 35.9 Å². The Morgan fingerprint density at radius 1 is 1.15 bits per heavy atom. The molecular formula is C17H23NO2. The van der Waals surface area contributed by atoms with Gasteiger partial charge in [-0.1, -0.05) is 36.8 Å². The summed E-state index contributed by atoms with van der Waals surface area (Å²) < 4.78 is 0. The maximum Gasteiger partial charge on any atom is 0.226 e. The summed E-state index contributed by atoms with van der Waals surface area (Å²) in [7, 11) is 0. The Kier molecular flexibility index (Phi) is 4.06. The molecule has 3 nitrogen and oxygen atoms in total. The maximum absolute atomic E-state index is 12.5. The second-order valence-electron chi connectivity index (χ2n) is 6.07. The van der Waals surface area contributed by atoms with Gasteiger partial charge in [0.15, 0.2) is 0 Å². The lowest BCUT2D eigenvalue weighted by Crippen LogP contribution is -2.37. The third-order valence-electron chi connectivity index (χ3n) is 4.89.